The SMILES string of the molecule is CC/C=C/C/C=C/C/C=C/CCCC(=O)OC(COCCC(C(=O)[O-])[N+](C)(C)C)COC(=O)CCCCCCCCCCCCCCCCCCCCCCCCC. The quantitative estimate of drug-likeness (QED) is 0.0261. The Morgan fingerprint density at radius 3 is 1.41 bits per heavy atom. The molecule has 8 heteroatoms. The van der Waals surface area contributed by atoms with Gasteiger partial charge >= 0.3 is 11.9 Å². The van der Waals surface area contributed by atoms with Crippen LogP contribution in [-0.4, -0.2) is 75.5 Å². The molecular formula is C50H91NO7. The Balaban J connectivity index is 4.16. The highest BCUT2D eigenvalue weighted by molar-refractivity contribution is 5.70. The van der Waals surface area contributed by atoms with Crippen LogP contribution in [0.3, 0.4) is 0 Å². The Kier molecular flexibility index (Phi) is 39.5. The first-order valence-electron chi connectivity index (χ1n) is 24.0. The summed E-state index contributed by atoms with van der Waals surface area (Å²) in [5.41, 5.74) is 0. The first kappa shape index (κ1) is 55.5. The van der Waals surface area contributed by atoms with Crippen molar-refractivity contribution in [2.24, 2.45) is 0 Å². The number of carboxylic acids is 1. The van der Waals surface area contributed by atoms with E-state index in [0.29, 0.717) is 12.8 Å². The van der Waals surface area contributed by atoms with Crippen molar-refractivity contribution in [2.45, 2.75) is 225 Å². The van der Waals surface area contributed by atoms with E-state index in [4.69, 9.17) is 14.2 Å². The zero-order valence-corrected chi connectivity index (χ0v) is 38.5. The molecule has 0 bridgehead atoms. The van der Waals surface area contributed by atoms with E-state index in [-0.39, 0.29) is 49.1 Å². The van der Waals surface area contributed by atoms with Crippen LogP contribution in [0.15, 0.2) is 36.5 Å². The van der Waals surface area contributed by atoms with Crippen molar-refractivity contribution in [3.63, 3.8) is 0 Å². The number of carboxylic acid groups (broad SMARTS) is 1. The van der Waals surface area contributed by atoms with Crippen LogP contribution in [0.1, 0.15) is 213 Å². The molecule has 0 aliphatic heterocycles. The molecule has 0 radical (unpaired) electrons. The molecule has 0 rings (SSSR count). The van der Waals surface area contributed by atoms with Gasteiger partial charge in [-0.1, -0.05) is 192 Å². The molecule has 0 amide bonds. The highest BCUT2D eigenvalue weighted by atomic mass is 16.6. The Labute approximate surface area is 357 Å². The van der Waals surface area contributed by atoms with Crippen molar-refractivity contribution < 1.29 is 38.2 Å². The normalized spacial score (nSPS) is 13.2. The van der Waals surface area contributed by atoms with Gasteiger partial charge in [0, 0.05) is 19.3 Å². The lowest BCUT2D eigenvalue weighted by atomic mass is 10.0. The van der Waals surface area contributed by atoms with Gasteiger partial charge in [0.25, 0.3) is 0 Å². The number of unbranched alkanes of at least 4 members (excludes halogenated alkanes) is 23. The summed E-state index contributed by atoms with van der Waals surface area (Å²) in [4.78, 5) is 36.8. The zero-order valence-electron chi connectivity index (χ0n) is 38.5. The van der Waals surface area contributed by atoms with Gasteiger partial charge in [-0.25, -0.2) is 0 Å². The molecule has 0 heterocycles. The monoisotopic (exact) mass is 818 g/mol. The molecular weight excluding hydrogens is 727 g/mol. The number of esters is 2. The van der Waals surface area contributed by atoms with Gasteiger partial charge in [0.15, 0.2) is 6.10 Å². The molecule has 0 aliphatic carbocycles. The van der Waals surface area contributed by atoms with Gasteiger partial charge in [-0.3, -0.25) is 9.59 Å². The van der Waals surface area contributed by atoms with E-state index >= 15 is 0 Å². The maximum absolute atomic E-state index is 12.7. The Hall–Kier alpha value is -2.45. The van der Waals surface area contributed by atoms with E-state index in [0.717, 1.165) is 44.9 Å². The average Bonchev–Trinajstić information content (AvgIpc) is 3.18. The molecule has 8 nitrogen and oxygen atoms in total. The van der Waals surface area contributed by atoms with Crippen LogP contribution >= 0.6 is 0 Å². The van der Waals surface area contributed by atoms with Gasteiger partial charge in [-0.2, -0.15) is 0 Å². The van der Waals surface area contributed by atoms with E-state index in [9.17, 15) is 19.5 Å². The predicted octanol–water partition coefficient (Wildman–Crippen LogP) is 12.1. The lowest BCUT2D eigenvalue weighted by molar-refractivity contribution is -0.889. The third-order valence-electron chi connectivity index (χ3n) is 10.8. The first-order valence-corrected chi connectivity index (χ1v) is 24.0. The highest BCUT2D eigenvalue weighted by Gasteiger charge is 2.25. The van der Waals surface area contributed by atoms with Crippen LogP contribution in [0.25, 0.3) is 0 Å². The number of carbonyl (C=O) groups excluding carboxylic acids is 3. The fraction of sp³-hybridized carbons (Fsp3) is 0.820. The Morgan fingerprint density at radius 2 is 0.966 bits per heavy atom. The van der Waals surface area contributed by atoms with Crippen LogP contribution < -0.4 is 5.11 Å². The summed E-state index contributed by atoms with van der Waals surface area (Å²) in [5.74, 6) is -1.80. The van der Waals surface area contributed by atoms with Crippen molar-refractivity contribution in [2.75, 3.05) is 41.0 Å². The number of aliphatic carboxylic acids is 1. The molecule has 58 heavy (non-hydrogen) atoms. The van der Waals surface area contributed by atoms with Gasteiger partial charge < -0.3 is 28.6 Å². The van der Waals surface area contributed by atoms with Crippen molar-refractivity contribution >= 4 is 17.9 Å². The molecule has 2 unspecified atom stereocenters. The van der Waals surface area contributed by atoms with Crippen molar-refractivity contribution in [1.82, 2.24) is 0 Å². The molecule has 2 atom stereocenters. The fourth-order valence-corrected chi connectivity index (χ4v) is 7.10. The van der Waals surface area contributed by atoms with Crippen LogP contribution in [0, 0.1) is 0 Å². The van der Waals surface area contributed by atoms with Gasteiger partial charge in [-0.05, 0) is 38.5 Å². The van der Waals surface area contributed by atoms with Crippen LogP contribution in [0.5, 0.6) is 0 Å². The number of ether oxygens (including phenoxy) is 3. The smallest absolute Gasteiger partial charge is 0.306 e. The fourth-order valence-electron chi connectivity index (χ4n) is 7.10. The predicted molar refractivity (Wildman–Crippen MR) is 240 cm³/mol. The molecule has 0 aromatic heterocycles. The third kappa shape index (κ3) is 39.0. The number of nitrogens with zero attached hydrogens (tertiary/aromatic N) is 1. The first-order chi connectivity index (χ1) is 28.1. The molecule has 0 saturated carbocycles. The standard InChI is InChI=1S/C50H91NO7/c1-6-8-10-12-14-16-18-19-20-21-22-23-24-25-26-27-28-29-31-32-34-36-38-40-48(52)57-45-46(44-56-43-42-47(50(54)55)51(3,4)5)58-49(53)41-39-37-35-33-30-17-15-13-11-9-7-2/h9,11,15,17,33,35,46-47H,6-8,10,12-14,16,18-32,34,36-45H2,1-5H3/b11-9+,17-15+,35-33+. The molecule has 0 spiro atoms. The molecule has 338 valence electrons. The number of carbonyl (C=O) groups is 3. The molecule has 0 saturated heterocycles. The van der Waals surface area contributed by atoms with Crippen LogP contribution in [-0.2, 0) is 28.6 Å². The van der Waals surface area contributed by atoms with Gasteiger partial charge in [0.1, 0.15) is 12.6 Å². The molecule has 0 N–H and O–H groups in total. The second-order valence-electron chi connectivity index (χ2n) is 17.3. The topological polar surface area (TPSA) is 102 Å². The van der Waals surface area contributed by atoms with Gasteiger partial charge in [0.05, 0.1) is 40.3 Å². The summed E-state index contributed by atoms with van der Waals surface area (Å²) < 4.78 is 17.1. The van der Waals surface area contributed by atoms with E-state index in [2.05, 4.69) is 50.3 Å². The summed E-state index contributed by atoms with van der Waals surface area (Å²) in [7, 11) is 5.39. The zero-order chi connectivity index (χ0) is 42.8. The molecule has 0 aliphatic rings. The van der Waals surface area contributed by atoms with Crippen LogP contribution in [0.2, 0.25) is 0 Å². The largest absolute Gasteiger partial charge is 0.544 e. The minimum Gasteiger partial charge on any atom is -0.544 e. The lowest BCUT2D eigenvalue weighted by Crippen LogP contribution is -2.55. The lowest BCUT2D eigenvalue weighted by Gasteiger charge is -2.34. The Morgan fingerprint density at radius 1 is 0.534 bits per heavy atom. The van der Waals surface area contributed by atoms with E-state index < -0.39 is 18.1 Å². The average molecular weight is 818 g/mol. The highest BCUT2D eigenvalue weighted by Crippen LogP contribution is 2.16. The number of allylic oxidation sites excluding steroid dienone is 6. The van der Waals surface area contributed by atoms with E-state index in [1.165, 1.54) is 128 Å². The number of hydrogen-bond acceptors (Lipinski definition) is 7. The van der Waals surface area contributed by atoms with Gasteiger partial charge in [0.2, 0.25) is 0 Å². The van der Waals surface area contributed by atoms with Gasteiger partial charge in [-0.15, -0.1) is 0 Å². The molecule has 0 aromatic rings. The van der Waals surface area contributed by atoms with Crippen molar-refractivity contribution in [3.8, 4) is 0 Å². The summed E-state index contributed by atoms with van der Waals surface area (Å²) in [5, 5.41) is 11.6. The number of quaternary nitrogens is 1. The molecule has 0 fully saturated rings. The third-order valence-corrected chi connectivity index (χ3v) is 10.8. The maximum atomic E-state index is 12.7. The van der Waals surface area contributed by atoms with Crippen molar-refractivity contribution in [1.29, 1.82) is 0 Å². The van der Waals surface area contributed by atoms with Crippen LogP contribution in [0.4, 0.5) is 0 Å². The Bertz CT molecular complexity index is 1050. The number of rotatable bonds is 43. The van der Waals surface area contributed by atoms with E-state index in [1.807, 2.05) is 0 Å². The summed E-state index contributed by atoms with van der Waals surface area (Å²) in [6.45, 7) is 4.51. The summed E-state index contributed by atoms with van der Waals surface area (Å²) in [6, 6.07) is -0.732. The van der Waals surface area contributed by atoms with E-state index in [1.54, 1.807) is 21.1 Å². The number of hydrogen-bond donors (Lipinski definition) is 0. The second kappa shape index (κ2) is 41.3. The maximum Gasteiger partial charge on any atom is 0.306 e. The summed E-state index contributed by atoms with van der Waals surface area (Å²) >= 11 is 0. The minimum atomic E-state index is -1.13. The van der Waals surface area contributed by atoms with Crippen molar-refractivity contribution in [3.05, 3.63) is 36.5 Å². The molecule has 0 aromatic carbocycles. The summed E-state index contributed by atoms with van der Waals surface area (Å²) in [6.07, 6.45) is 47.7. The minimum absolute atomic E-state index is 0.0229. The second-order valence-corrected chi connectivity index (χ2v) is 17.3. The number of likely N-dealkylation sites (N-methyl/N-ethyl adjacent to an activating group) is 1.